The second-order valence-corrected chi connectivity index (χ2v) is 4.49. The van der Waals surface area contributed by atoms with Gasteiger partial charge >= 0.3 is 6.03 Å². The van der Waals surface area contributed by atoms with Crippen LogP contribution in [0.25, 0.3) is 0 Å². The quantitative estimate of drug-likeness (QED) is 0.599. The Bertz CT molecular complexity index is 666. The number of hydrogen-bond donors (Lipinski definition) is 3. The third-order valence-electron chi connectivity index (χ3n) is 2.64. The first-order valence-corrected chi connectivity index (χ1v) is 6.66. The molecular formula is C16H16N4O2. The maximum absolute atomic E-state index is 11.6. The van der Waals surface area contributed by atoms with Crippen molar-refractivity contribution in [1.82, 2.24) is 5.43 Å². The Kier molecular flexibility index (Phi) is 5.25. The van der Waals surface area contributed by atoms with Crippen molar-refractivity contribution < 1.29 is 9.59 Å². The number of hydrazone groups is 1. The summed E-state index contributed by atoms with van der Waals surface area (Å²) in [4.78, 5) is 22.5. The maximum Gasteiger partial charge on any atom is 0.339 e. The van der Waals surface area contributed by atoms with E-state index in [1.807, 2.05) is 18.2 Å². The second-order valence-electron chi connectivity index (χ2n) is 4.49. The first-order valence-electron chi connectivity index (χ1n) is 6.66. The molecule has 0 aliphatic carbocycles. The van der Waals surface area contributed by atoms with Crippen LogP contribution in [0, 0.1) is 0 Å². The number of nitrogens with zero attached hydrogens (tertiary/aromatic N) is 1. The third kappa shape index (κ3) is 5.09. The summed E-state index contributed by atoms with van der Waals surface area (Å²) in [5.74, 6) is -0.124. The number of nitrogens with one attached hydrogen (secondary N) is 3. The molecule has 0 unspecified atom stereocenters. The van der Waals surface area contributed by atoms with Crippen molar-refractivity contribution in [1.29, 1.82) is 0 Å². The summed E-state index contributed by atoms with van der Waals surface area (Å²) in [5, 5.41) is 9.17. The Morgan fingerprint density at radius 3 is 2.18 bits per heavy atom. The molecule has 0 spiro atoms. The van der Waals surface area contributed by atoms with Gasteiger partial charge in [0.25, 0.3) is 0 Å². The molecule has 2 aromatic rings. The van der Waals surface area contributed by atoms with Crippen LogP contribution >= 0.6 is 0 Å². The average molecular weight is 296 g/mol. The molecule has 2 rings (SSSR count). The van der Waals surface area contributed by atoms with Gasteiger partial charge in [-0.25, -0.2) is 10.2 Å². The van der Waals surface area contributed by atoms with Gasteiger partial charge in [0.2, 0.25) is 5.91 Å². The summed E-state index contributed by atoms with van der Waals surface area (Å²) < 4.78 is 0. The lowest BCUT2D eigenvalue weighted by Crippen LogP contribution is -2.24. The highest BCUT2D eigenvalue weighted by molar-refractivity contribution is 5.91. The van der Waals surface area contributed by atoms with E-state index in [9.17, 15) is 9.59 Å². The van der Waals surface area contributed by atoms with Gasteiger partial charge in [0.05, 0.1) is 6.21 Å². The van der Waals surface area contributed by atoms with Crippen LogP contribution in [0.15, 0.2) is 59.7 Å². The van der Waals surface area contributed by atoms with Crippen LogP contribution in [-0.2, 0) is 4.79 Å². The summed E-state index contributed by atoms with van der Waals surface area (Å²) in [6.07, 6.45) is 1.52. The number of rotatable bonds is 4. The predicted molar refractivity (Wildman–Crippen MR) is 86.9 cm³/mol. The highest BCUT2D eigenvalue weighted by atomic mass is 16.2. The number of carbonyl (C=O) groups is 2. The van der Waals surface area contributed by atoms with Gasteiger partial charge in [-0.05, 0) is 29.8 Å². The minimum absolute atomic E-state index is 0.124. The van der Waals surface area contributed by atoms with Crippen molar-refractivity contribution in [2.45, 2.75) is 6.92 Å². The van der Waals surface area contributed by atoms with Gasteiger partial charge in [-0.2, -0.15) is 5.10 Å². The Labute approximate surface area is 128 Å². The molecule has 6 heteroatoms. The molecule has 0 aromatic heterocycles. The number of hydrogen-bond acceptors (Lipinski definition) is 3. The van der Waals surface area contributed by atoms with Gasteiger partial charge in [0.1, 0.15) is 0 Å². The molecule has 0 saturated carbocycles. The number of para-hydroxylation sites is 1. The zero-order valence-corrected chi connectivity index (χ0v) is 12.0. The largest absolute Gasteiger partial charge is 0.339 e. The van der Waals surface area contributed by atoms with Crippen molar-refractivity contribution >= 4 is 29.5 Å². The Morgan fingerprint density at radius 1 is 0.909 bits per heavy atom. The lowest BCUT2D eigenvalue weighted by Gasteiger charge is -2.03. The van der Waals surface area contributed by atoms with Gasteiger partial charge in [0.15, 0.2) is 0 Å². The Balaban J connectivity index is 1.84. The summed E-state index contributed by atoms with van der Waals surface area (Å²) in [7, 11) is 0. The minimum atomic E-state index is -0.419. The summed E-state index contributed by atoms with van der Waals surface area (Å²) in [6.45, 7) is 1.45. The molecule has 0 bridgehead atoms. The number of urea groups is 1. The van der Waals surface area contributed by atoms with Crippen molar-refractivity contribution in [3.8, 4) is 0 Å². The van der Waals surface area contributed by atoms with E-state index in [4.69, 9.17) is 0 Å². The monoisotopic (exact) mass is 296 g/mol. The number of anilines is 2. The van der Waals surface area contributed by atoms with Crippen molar-refractivity contribution in [2.24, 2.45) is 5.10 Å². The van der Waals surface area contributed by atoms with Crippen LogP contribution in [0.4, 0.5) is 16.2 Å². The molecule has 0 saturated heterocycles. The Morgan fingerprint density at radius 2 is 1.55 bits per heavy atom. The van der Waals surface area contributed by atoms with Crippen LogP contribution < -0.4 is 16.1 Å². The van der Waals surface area contributed by atoms with Gasteiger partial charge in [-0.1, -0.05) is 30.3 Å². The molecule has 0 aliphatic heterocycles. The molecule has 0 fully saturated rings. The molecule has 2 aromatic carbocycles. The molecule has 0 heterocycles. The van der Waals surface area contributed by atoms with Crippen LogP contribution in [-0.4, -0.2) is 18.2 Å². The smallest absolute Gasteiger partial charge is 0.326 e. The van der Waals surface area contributed by atoms with Gasteiger partial charge in [0, 0.05) is 18.3 Å². The minimum Gasteiger partial charge on any atom is -0.326 e. The molecular weight excluding hydrogens is 280 g/mol. The fourth-order valence-corrected chi connectivity index (χ4v) is 1.70. The van der Waals surface area contributed by atoms with Gasteiger partial charge < -0.3 is 10.6 Å². The van der Waals surface area contributed by atoms with E-state index in [-0.39, 0.29) is 5.91 Å². The van der Waals surface area contributed by atoms with E-state index in [1.54, 1.807) is 36.4 Å². The molecule has 3 amide bonds. The maximum atomic E-state index is 11.6. The predicted octanol–water partition coefficient (Wildman–Crippen LogP) is 2.80. The van der Waals surface area contributed by atoms with Crippen LogP contribution in [0.5, 0.6) is 0 Å². The summed E-state index contributed by atoms with van der Waals surface area (Å²) in [5.41, 5.74) is 4.57. The van der Waals surface area contributed by atoms with E-state index in [0.29, 0.717) is 11.4 Å². The molecule has 22 heavy (non-hydrogen) atoms. The standard InChI is InChI=1S/C16H16N4O2/c1-12(21)18-15-9-7-13(8-10-15)11-17-20-16(22)19-14-5-3-2-4-6-14/h2-11H,1H3,(H,18,21)(H2,19,20,22)/b17-11-. The van der Waals surface area contributed by atoms with E-state index >= 15 is 0 Å². The van der Waals surface area contributed by atoms with E-state index in [2.05, 4.69) is 21.2 Å². The summed E-state index contributed by atoms with van der Waals surface area (Å²) in [6, 6.07) is 15.7. The normalized spacial score (nSPS) is 10.2. The SMILES string of the molecule is CC(=O)Nc1ccc(/C=N\NC(=O)Nc2ccccc2)cc1. The molecule has 3 N–H and O–H groups in total. The van der Waals surface area contributed by atoms with Crippen molar-refractivity contribution in [3.05, 3.63) is 60.2 Å². The first-order chi connectivity index (χ1) is 10.6. The Hall–Kier alpha value is -3.15. The van der Waals surface area contributed by atoms with E-state index in [1.165, 1.54) is 13.1 Å². The highest BCUT2D eigenvalue weighted by Crippen LogP contribution is 2.08. The van der Waals surface area contributed by atoms with Gasteiger partial charge in [-0.15, -0.1) is 0 Å². The van der Waals surface area contributed by atoms with Crippen molar-refractivity contribution in [2.75, 3.05) is 10.6 Å². The van der Waals surface area contributed by atoms with Crippen molar-refractivity contribution in [3.63, 3.8) is 0 Å². The number of benzene rings is 2. The zero-order chi connectivity index (χ0) is 15.8. The van der Waals surface area contributed by atoms with E-state index in [0.717, 1.165) is 5.56 Å². The average Bonchev–Trinajstić information content (AvgIpc) is 2.49. The fourth-order valence-electron chi connectivity index (χ4n) is 1.70. The number of carbonyl (C=O) groups excluding carboxylic acids is 2. The molecule has 0 radical (unpaired) electrons. The first kappa shape index (κ1) is 15.2. The van der Waals surface area contributed by atoms with Crippen LogP contribution in [0.3, 0.4) is 0 Å². The van der Waals surface area contributed by atoms with Crippen LogP contribution in [0.1, 0.15) is 12.5 Å². The van der Waals surface area contributed by atoms with E-state index < -0.39 is 6.03 Å². The van der Waals surface area contributed by atoms with Crippen LogP contribution in [0.2, 0.25) is 0 Å². The molecule has 112 valence electrons. The topological polar surface area (TPSA) is 82.6 Å². The number of amides is 3. The fraction of sp³-hybridized carbons (Fsp3) is 0.0625. The summed E-state index contributed by atoms with van der Waals surface area (Å²) >= 11 is 0. The third-order valence-corrected chi connectivity index (χ3v) is 2.64. The highest BCUT2D eigenvalue weighted by Gasteiger charge is 1.98. The van der Waals surface area contributed by atoms with Gasteiger partial charge in [-0.3, -0.25) is 4.79 Å². The molecule has 0 atom stereocenters. The molecule has 6 nitrogen and oxygen atoms in total. The molecule has 0 aliphatic rings. The lowest BCUT2D eigenvalue weighted by atomic mass is 10.2. The zero-order valence-electron chi connectivity index (χ0n) is 12.0. The second kappa shape index (κ2) is 7.58. The lowest BCUT2D eigenvalue weighted by molar-refractivity contribution is -0.114.